The van der Waals surface area contributed by atoms with Crippen molar-refractivity contribution in [1.82, 2.24) is 0 Å². The summed E-state index contributed by atoms with van der Waals surface area (Å²) >= 11 is 3.51. The third-order valence-corrected chi connectivity index (χ3v) is 3.41. The summed E-state index contributed by atoms with van der Waals surface area (Å²) in [7, 11) is 0. The smallest absolute Gasteiger partial charge is 0.0181 e. The van der Waals surface area contributed by atoms with Gasteiger partial charge in [0.2, 0.25) is 0 Å². The number of hydrogen-bond donors (Lipinski definition) is 0. The van der Waals surface area contributed by atoms with Gasteiger partial charge < -0.3 is 0 Å². The minimum atomic E-state index is 1.10. The molecule has 0 aliphatic heterocycles. The monoisotopic (exact) mass is 298 g/mol. The first-order valence-electron chi connectivity index (χ1n) is 5.87. The summed E-state index contributed by atoms with van der Waals surface area (Å²) in [5.41, 5.74) is 2.50. The number of allylic oxidation sites excluding steroid dienone is 1. The zero-order valence-electron chi connectivity index (χ0n) is 10.4. The lowest BCUT2D eigenvalue weighted by Gasteiger charge is -2.03. The van der Waals surface area contributed by atoms with Crippen LogP contribution >= 0.6 is 15.9 Å². The molecule has 90 valence electrons. The Labute approximate surface area is 116 Å². The molecule has 0 unspecified atom stereocenters. The van der Waals surface area contributed by atoms with Gasteiger partial charge in [0.05, 0.1) is 0 Å². The number of rotatable bonds is 2. The molecule has 0 fully saturated rings. The van der Waals surface area contributed by atoms with Crippen LogP contribution in [-0.2, 0) is 0 Å². The predicted octanol–water partition coefficient (Wildman–Crippen LogP) is 3.63. The van der Waals surface area contributed by atoms with Crippen molar-refractivity contribution in [2.24, 2.45) is 0 Å². The fraction of sp³-hybridized carbons (Fsp3) is 0.0588. The molecule has 2 aromatic rings. The van der Waals surface area contributed by atoms with Gasteiger partial charge in [0.15, 0.2) is 0 Å². The van der Waals surface area contributed by atoms with E-state index in [0.717, 1.165) is 4.47 Å². The SMILES string of the molecule is C=C/C=c1/cccc/c1=C(/C)c1cccc(Br)c1. The van der Waals surface area contributed by atoms with Gasteiger partial charge in [0, 0.05) is 4.47 Å². The molecule has 0 aliphatic carbocycles. The molecule has 0 saturated heterocycles. The number of halogens is 1. The molecule has 0 nitrogen and oxygen atoms in total. The van der Waals surface area contributed by atoms with E-state index in [2.05, 4.69) is 65.8 Å². The highest BCUT2D eigenvalue weighted by atomic mass is 79.9. The lowest BCUT2D eigenvalue weighted by atomic mass is 10.0. The second-order valence-electron chi connectivity index (χ2n) is 4.12. The summed E-state index contributed by atoms with van der Waals surface area (Å²) in [6.07, 6.45) is 3.86. The van der Waals surface area contributed by atoms with Crippen LogP contribution in [0.4, 0.5) is 0 Å². The van der Waals surface area contributed by atoms with Crippen molar-refractivity contribution in [2.75, 3.05) is 0 Å². The van der Waals surface area contributed by atoms with E-state index < -0.39 is 0 Å². The minimum absolute atomic E-state index is 1.10. The van der Waals surface area contributed by atoms with E-state index in [4.69, 9.17) is 0 Å². The maximum atomic E-state index is 3.77. The first kappa shape index (κ1) is 12.8. The van der Waals surface area contributed by atoms with Gasteiger partial charge in [0.25, 0.3) is 0 Å². The Kier molecular flexibility index (Phi) is 4.16. The van der Waals surface area contributed by atoms with Crippen LogP contribution < -0.4 is 10.4 Å². The average Bonchev–Trinajstić information content (AvgIpc) is 2.39. The van der Waals surface area contributed by atoms with Crippen molar-refractivity contribution < 1.29 is 0 Å². The summed E-state index contributed by atoms with van der Waals surface area (Å²) in [4.78, 5) is 0. The third-order valence-electron chi connectivity index (χ3n) is 2.92. The summed E-state index contributed by atoms with van der Waals surface area (Å²) in [5.74, 6) is 0. The minimum Gasteiger partial charge on any atom is -0.0990 e. The van der Waals surface area contributed by atoms with E-state index in [9.17, 15) is 0 Å². The highest BCUT2D eigenvalue weighted by Gasteiger charge is 1.98. The van der Waals surface area contributed by atoms with Gasteiger partial charge in [-0.3, -0.25) is 0 Å². The van der Waals surface area contributed by atoms with Crippen molar-refractivity contribution in [1.29, 1.82) is 0 Å². The molecule has 0 radical (unpaired) electrons. The lowest BCUT2D eigenvalue weighted by molar-refractivity contribution is 1.43. The van der Waals surface area contributed by atoms with Gasteiger partial charge in [-0.2, -0.15) is 0 Å². The molecule has 0 amide bonds. The zero-order valence-corrected chi connectivity index (χ0v) is 11.9. The predicted molar refractivity (Wildman–Crippen MR) is 82.7 cm³/mol. The molecule has 0 spiro atoms. The van der Waals surface area contributed by atoms with Crippen LogP contribution in [0.5, 0.6) is 0 Å². The molecule has 0 heterocycles. The molecular weight excluding hydrogens is 284 g/mol. The van der Waals surface area contributed by atoms with Crippen LogP contribution in [0.2, 0.25) is 0 Å². The third kappa shape index (κ3) is 2.80. The molecule has 18 heavy (non-hydrogen) atoms. The van der Waals surface area contributed by atoms with E-state index >= 15 is 0 Å². The Morgan fingerprint density at radius 3 is 2.61 bits per heavy atom. The van der Waals surface area contributed by atoms with Gasteiger partial charge in [-0.25, -0.2) is 0 Å². The molecule has 2 aromatic carbocycles. The van der Waals surface area contributed by atoms with E-state index in [-0.39, 0.29) is 0 Å². The lowest BCUT2D eigenvalue weighted by Crippen LogP contribution is -2.25. The molecule has 0 N–H and O–H groups in total. The summed E-state index contributed by atoms with van der Waals surface area (Å²) in [6.45, 7) is 5.92. The average molecular weight is 299 g/mol. The highest BCUT2D eigenvalue weighted by Crippen LogP contribution is 2.16. The van der Waals surface area contributed by atoms with Gasteiger partial charge in [-0.05, 0) is 40.6 Å². The first-order chi connectivity index (χ1) is 8.72. The van der Waals surface area contributed by atoms with Crippen LogP contribution in [0.15, 0.2) is 65.7 Å². The molecule has 0 bridgehead atoms. The molecule has 0 aliphatic rings. The Morgan fingerprint density at radius 1 is 1.11 bits per heavy atom. The molecule has 0 saturated carbocycles. The molecule has 0 aromatic heterocycles. The largest absolute Gasteiger partial charge is 0.0990 e. The normalized spacial score (nSPS) is 13.3. The summed E-state index contributed by atoms with van der Waals surface area (Å²) in [6, 6.07) is 16.7. The fourth-order valence-corrected chi connectivity index (χ4v) is 2.39. The molecular formula is C17H15Br. The standard InChI is InChI=1S/C17H15Br/c1-3-7-14-8-4-5-11-17(14)13(2)15-9-6-10-16(18)12-15/h3-12H,1H2,2H3/b14-7-,17-13+. The maximum Gasteiger partial charge on any atom is 0.0181 e. The Bertz CT molecular complexity index is 681. The quantitative estimate of drug-likeness (QED) is 0.794. The van der Waals surface area contributed by atoms with Gasteiger partial charge in [-0.1, -0.05) is 71.1 Å². The summed E-state index contributed by atoms with van der Waals surface area (Å²) < 4.78 is 1.10. The van der Waals surface area contributed by atoms with E-state index in [1.807, 2.05) is 24.3 Å². The van der Waals surface area contributed by atoms with E-state index in [1.165, 1.54) is 21.6 Å². The Balaban J connectivity index is 2.76. The first-order valence-corrected chi connectivity index (χ1v) is 6.66. The van der Waals surface area contributed by atoms with Crippen molar-refractivity contribution in [3.05, 3.63) is 81.7 Å². The highest BCUT2D eigenvalue weighted by molar-refractivity contribution is 9.10. The summed E-state index contributed by atoms with van der Waals surface area (Å²) in [5, 5.41) is 2.44. The second kappa shape index (κ2) is 5.83. The van der Waals surface area contributed by atoms with Crippen LogP contribution in [0.3, 0.4) is 0 Å². The fourth-order valence-electron chi connectivity index (χ4n) is 1.99. The van der Waals surface area contributed by atoms with E-state index in [0.29, 0.717) is 0 Å². The van der Waals surface area contributed by atoms with Crippen molar-refractivity contribution >= 4 is 27.6 Å². The van der Waals surface area contributed by atoms with Gasteiger partial charge in [-0.15, -0.1) is 0 Å². The van der Waals surface area contributed by atoms with Crippen LogP contribution in [0.1, 0.15) is 12.5 Å². The number of hydrogen-bond acceptors (Lipinski definition) is 0. The maximum absolute atomic E-state index is 3.77. The van der Waals surface area contributed by atoms with Crippen LogP contribution in [0.25, 0.3) is 11.6 Å². The van der Waals surface area contributed by atoms with Crippen molar-refractivity contribution in [3.8, 4) is 0 Å². The Hall–Kier alpha value is -1.60. The van der Waals surface area contributed by atoms with E-state index in [1.54, 1.807) is 0 Å². The van der Waals surface area contributed by atoms with Crippen LogP contribution in [0, 0.1) is 0 Å². The van der Waals surface area contributed by atoms with Crippen molar-refractivity contribution in [2.45, 2.75) is 6.92 Å². The van der Waals surface area contributed by atoms with Crippen molar-refractivity contribution in [3.63, 3.8) is 0 Å². The molecule has 1 heteroatoms. The topological polar surface area (TPSA) is 0 Å². The molecule has 0 atom stereocenters. The second-order valence-corrected chi connectivity index (χ2v) is 5.04. The molecule has 2 rings (SSSR count). The zero-order chi connectivity index (χ0) is 13.0. The van der Waals surface area contributed by atoms with Gasteiger partial charge >= 0.3 is 0 Å². The van der Waals surface area contributed by atoms with Gasteiger partial charge in [0.1, 0.15) is 0 Å². The van der Waals surface area contributed by atoms with Crippen LogP contribution in [-0.4, -0.2) is 0 Å². The number of benzene rings is 2. The Morgan fingerprint density at radius 2 is 1.89 bits per heavy atom.